The van der Waals surface area contributed by atoms with Crippen molar-refractivity contribution in [3.05, 3.63) is 24.0 Å². The number of aromatic nitrogens is 1. The third-order valence-corrected chi connectivity index (χ3v) is 3.21. The molecule has 0 fully saturated rings. The quantitative estimate of drug-likeness (QED) is 0.642. The number of carbonyl (C=O) groups is 1. The number of ether oxygens (including phenoxy) is 1. The largest absolute Gasteiger partial charge is 0.385 e. The van der Waals surface area contributed by atoms with Gasteiger partial charge in [-0.15, -0.1) is 0 Å². The van der Waals surface area contributed by atoms with Crippen molar-refractivity contribution >= 4 is 5.91 Å². The molecule has 0 aromatic carbocycles. The molecule has 0 aliphatic carbocycles. The van der Waals surface area contributed by atoms with E-state index in [9.17, 15) is 4.79 Å². The Labute approximate surface area is 121 Å². The molecule has 2 N–H and O–H groups in total. The maximum atomic E-state index is 11.8. The van der Waals surface area contributed by atoms with Crippen LogP contribution < -0.4 is 10.6 Å². The van der Waals surface area contributed by atoms with Crippen LogP contribution in [0.1, 0.15) is 38.3 Å². The first-order valence-electron chi connectivity index (χ1n) is 7.35. The fraction of sp³-hybridized carbons (Fsp3) is 0.667. The van der Waals surface area contributed by atoms with Gasteiger partial charge < -0.3 is 19.9 Å². The highest BCUT2D eigenvalue weighted by Gasteiger charge is 2.10. The Morgan fingerprint density at radius 2 is 2.25 bits per heavy atom. The van der Waals surface area contributed by atoms with Crippen molar-refractivity contribution in [2.45, 2.75) is 39.3 Å². The number of amides is 1. The molecule has 0 spiro atoms. The molecule has 1 unspecified atom stereocenters. The summed E-state index contributed by atoms with van der Waals surface area (Å²) in [6.45, 7) is 6.92. The molecule has 0 aliphatic rings. The average molecular weight is 281 g/mol. The molecule has 5 heteroatoms. The Kier molecular flexibility index (Phi) is 7.99. The Hall–Kier alpha value is -1.33. The zero-order valence-corrected chi connectivity index (χ0v) is 12.8. The Balaban J connectivity index is 2.40. The van der Waals surface area contributed by atoms with Crippen LogP contribution in [0.25, 0.3) is 0 Å². The van der Waals surface area contributed by atoms with Crippen molar-refractivity contribution in [2.24, 2.45) is 0 Å². The van der Waals surface area contributed by atoms with E-state index in [4.69, 9.17) is 4.74 Å². The van der Waals surface area contributed by atoms with Crippen LogP contribution in [0.2, 0.25) is 0 Å². The normalized spacial score (nSPS) is 12.3. The minimum absolute atomic E-state index is 0.0414. The van der Waals surface area contributed by atoms with Gasteiger partial charge in [0.2, 0.25) is 5.91 Å². The van der Waals surface area contributed by atoms with Crippen molar-refractivity contribution in [2.75, 3.05) is 26.8 Å². The fourth-order valence-electron chi connectivity index (χ4n) is 2.17. The molecular formula is C15H27N3O2. The van der Waals surface area contributed by atoms with E-state index in [0.717, 1.165) is 19.4 Å². The zero-order valence-electron chi connectivity index (χ0n) is 12.8. The summed E-state index contributed by atoms with van der Waals surface area (Å²) in [6, 6.07) is 2.45. The lowest BCUT2D eigenvalue weighted by atomic mass is 10.1. The van der Waals surface area contributed by atoms with Gasteiger partial charge in [0, 0.05) is 38.7 Å². The first-order valence-corrected chi connectivity index (χ1v) is 7.35. The summed E-state index contributed by atoms with van der Waals surface area (Å²) in [6.07, 6.45) is 5.90. The molecule has 0 saturated carbocycles. The number of hydrogen-bond acceptors (Lipinski definition) is 3. The van der Waals surface area contributed by atoms with E-state index in [-0.39, 0.29) is 5.91 Å². The molecule has 1 heterocycles. The van der Waals surface area contributed by atoms with E-state index >= 15 is 0 Å². The molecule has 1 aromatic rings. The van der Waals surface area contributed by atoms with E-state index in [1.807, 2.05) is 17.0 Å². The minimum Gasteiger partial charge on any atom is -0.385 e. The van der Waals surface area contributed by atoms with Crippen LogP contribution in [0.3, 0.4) is 0 Å². The highest BCUT2D eigenvalue weighted by Crippen LogP contribution is 2.16. The summed E-state index contributed by atoms with van der Waals surface area (Å²) in [5.74, 6) is 0.0414. The van der Waals surface area contributed by atoms with Crippen LogP contribution in [-0.4, -0.2) is 37.3 Å². The molecule has 20 heavy (non-hydrogen) atoms. The van der Waals surface area contributed by atoms with Crippen molar-refractivity contribution in [1.82, 2.24) is 15.2 Å². The van der Waals surface area contributed by atoms with Crippen molar-refractivity contribution in [1.29, 1.82) is 0 Å². The predicted octanol–water partition coefficient (Wildman–Crippen LogP) is 1.70. The lowest BCUT2D eigenvalue weighted by molar-refractivity contribution is -0.121. The average Bonchev–Trinajstić information content (AvgIpc) is 2.89. The van der Waals surface area contributed by atoms with Crippen LogP contribution in [0, 0.1) is 0 Å². The smallest absolute Gasteiger partial charge is 0.239 e. The van der Waals surface area contributed by atoms with Crippen LogP contribution >= 0.6 is 0 Å². The van der Waals surface area contributed by atoms with Gasteiger partial charge in [-0.2, -0.15) is 0 Å². The summed E-state index contributed by atoms with van der Waals surface area (Å²) < 4.78 is 6.87. The monoisotopic (exact) mass is 281 g/mol. The van der Waals surface area contributed by atoms with Crippen LogP contribution in [0.4, 0.5) is 0 Å². The summed E-state index contributed by atoms with van der Waals surface area (Å²) in [5, 5.41) is 6.32. The second-order valence-corrected chi connectivity index (χ2v) is 4.83. The van der Waals surface area contributed by atoms with Crippen LogP contribution in [0.5, 0.6) is 0 Å². The first kappa shape index (κ1) is 16.7. The SMILES string of the molecule is CCNC(CC)c1ccn(CC(=O)NCCCOC)c1. The van der Waals surface area contributed by atoms with Gasteiger partial charge in [0.25, 0.3) is 0 Å². The lowest BCUT2D eigenvalue weighted by Gasteiger charge is -2.14. The highest BCUT2D eigenvalue weighted by molar-refractivity contribution is 5.75. The first-order chi connectivity index (χ1) is 9.71. The van der Waals surface area contributed by atoms with Crippen LogP contribution in [0.15, 0.2) is 18.5 Å². The summed E-state index contributed by atoms with van der Waals surface area (Å²) in [5.41, 5.74) is 1.24. The number of nitrogens with zero attached hydrogens (tertiary/aromatic N) is 1. The molecule has 1 amide bonds. The standard InChI is InChI=1S/C15H27N3O2/c1-4-14(16-5-2)13-7-9-18(11-13)12-15(19)17-8-6-10-20-3/h7,9,11,14,16H,4-6,8,10,12H2,1-3H3,(H,17,19). The van der Waals surface area contributed by atoms with Crippen molar-refractivity contribution in [3.8, 4) is 0 Å². The van der Waals surface area contributed by atoms with E-state index in [2.05, 4.69) is 30.5 Å². The Morgan fingerprint density at radius 1 is 1.45 bits per heavy atom. The third-order valence-electron chi connectivity index (χ3n) is 3.21. The molecule has 1 aromatic heterocycles. The minimum atomic E-state index is 0.0414. The molecule has 0 aliphatic heterocycles. The van der Waals surface area contributed by atoms with Gasteiger partial charge in [-0.3, -0.25) is 4.79 Å². The summed E-state index contributed by atoms with van der Waals surface area (Å²) >= 11 is 0. The molecule has 114 valence electrons. The fourth-order valence-corrected chi connectivity index (χ4v) is 2.17. The van der Waals surface area contributed by atoms with E-state index in [0.29, 0.717) is 25.7 Å². The van der Waals surface area contributed by atoms with Gasteiger partial charge >= 0.3 is 0 Å². The predicted molar refractivity (Wildman–Crippen MR) is 80.6 cm³/mol. The Morgan fingerprint density at radius 3 is 2.90 bits per heavy atom. The second-order valence-electron chi connectivity index (χ2n) is 4.83. The van der Waals surface area contributed by atoms with Gasteiger partial charge in [0.15, 0.2) is 0 Å². The summed E-state index contributed by atoms with van der Waals surface area (Å²) in [4.78, 5) is 11.8. The molecule has 0 radical (unpaired) electrons. The number of nitrogens with one attached hydrogen (secondary N) is 2. The zero-order chi connectivity index (χ0) is 14.8. The number of hydrogen-bond donors (Lipinski definition) is 2. The number of carbonyl (C=O) groups excluding carboxylic acids is 1. The molecule has 0 bridgehead atoms. The molecule has 1 atom stereocenters. The third kappa shape index (κ3) is 5.75. The number of methoxy groups -OCH3 is 1. The van der Waals surface area contributed by atoms with Gasteiger partial charge in [-0.25, -0.2) is 0 Å². The Bertz CT molecular complexity index is 390. The van der Waals surface area contributed by atoms with Gasteiger partial charge in [-0.1, -0.05) is 13.8 Å². The van der Waals surface area contributed by atoms with E-state index in [1.54, 1.807) is 7.11 Å². The molecule has 5 nitrogen and oxygen atoms in total. The van der Waals surface area contributed by atoms with Crippen molar-refractivity contribution < 1.29 is 9.53 Å². The maximum Gasteiger partial charge on any atom is 0.239 e. The van der Waals surface area contributed by atoms with Crippen LogP contribution in [-0.2, 0) is 16.1 Å². The molecular weight excluding hydrogens is 254 g/mol. The second kappa shape index (κ2) is 9.55. The van der Waals surface area contributed by atoms with Crippen molar-refractivity contribution in [3.63, 3.8) is 0 Å². The lowest BCUT2D eigenvalue weighted by Crippen LogP contribution is -2.28. The summed E-state index contributed by atoms with van der Waals surface area (Å²) in [7, 11) is 1.66. The van der Waals surface area contributed by atoms with E-state index < -0.39 is 0 Å². The maximum absolute atomic E-state index is 11.8. The van der Waals surface area contributed by atoms with Gasteiger partial charge in [0.1, 0.15) is 6.54 Å². The van der Waals surface area contributed by atoms with Gasteiger partial charge in [-0.05, 0) is 31.0 Å². The molecule has 1 rings (SSSR count). The van der Waals surface area contributed by atoms with E-state index in [1.165, 1.54) is 5.56 Å². The molecule has 0 saturated heterocycles. The number of rotatable bonds is 10. The van der Waals surface area contributed by atoms with Gasteiger partial charge in [0.05, 0.1) is 0 Å². The topological polar surface area (TPSA) is 55.3 Å². The highest BCUT2D eigenvalue weighted by atomic mass is 16.5.